The van der Waals surface area contributed by atoms with Crippen LogP contribution in [0.1, 0.15) is 13.8 Å². The molecule has 0 aromatic carbocycles. The molecule has 6 heteroatoms. The molecule has 1 unspecified atom stereocenters. The number of morpholine rings is 1. The summed E-state index contributed by atoms with van der Waals surface area (Å²) in [5.74, 6) is 1.64. The second kappa shape index (κ2) is 5.30. The third-order valence-electron chi connectivity index (χ3n) is 3.10. The van der Waals surface area contributed by atoms with Crippen LogP contribution in [0, 0.1) is 0 Å². The van der Waals surface area contributed by atoms with Gasteiger partial charge in [0.25, 0.3) is 0 Å². The molecule has 2 heterocycles. The number of hydrogen-bond donors (Lipinski definition) is 1. The standard InChI is InChI=1S/C13H23N5O/c1-13(2)9-18(8-10(7-14)19-13)11-5-6-15-12(16-11)17(3)4/h5-6,10H,7-9,14H2,1-4H3. The average molecular weight is 265 g/mol. The first-order chi connectivity index (χ1) is 8.91. The van der Waals surface area contributed by atoms with E-state index in [2.05, 4.69) is 28.7 Å². The first-order valence-electron chi connectivity index (χ1n) is 6.54. The fraction of sp³-hybridized carbons (Fsp3) is 0.692. The van der Waals surface area contributed by atoms with Crippen molar-refractivity contribution in [3.63, 3.8) is 0 Å². The average Bonchev–Trinajstić information content (AvgIpc) is 2.37. The predicted molar refractivity (Wildman–Crippen MR) is 76.6 cm³/mol. The lowest BCUT2D eigenvalue weighted by molar-refractivity contribution is -0.0790. The van der Waals surface area contributed by atoms with Crippen molar-refractivity contribution in [2.75, 3.05) is 43.5 Å². The van der Waals surface area contributed by atoms with E-state index in [-0.39, 0.29) is 11.7 Å². The highest BCUT2D eigenvalue weighted by molar-refractivity contribution is 5.44. The Morgan fingerprint density at radius 3 is 2.89 bits per heavy atom. The van der Waals surface area contributed by atoms with Gasteiger partial charge in [0.2, 0.25) is 5.95 Å². The SMILES string of the molecule is CN(C)c1nccc(N2CC(CN)OC(C)(C)C2)n1. The Bertz CT molecular complexity index is 435. The Morgan fingerprint density at radius 2 is 2.26 bits per heavy atom. The van der Waals surface area contributed by atoms with Crippen LogP contribution >= 0.6 is 0 Å². The minimum absolute atomic E-state index is 0.0431. The maximum atomic E-state index is 5.93. The Hall–Kier alpha value is -1.40. The lowest BCUT2D eigenvalue weighted by Crippen LogP contribution is -2.55. The van der Waals surface area contributed by atoms with Gasteiger partial charge in [-0.1, -0.05) is 0 Å². The smallest absolute Gasteiger partial charge is 0.226 e. The van der Waals surface area contributed by atoms with Gasteiger partial charge in [0.05, 0.1) is 11.7 Å². The zero-order chi connectivity index (χ0) is 14.0. The van der Waals surface area contributed by atoms with Gasteiger partial charge in [-0.25, -0.2) is 4.98 Å². The van der Waals surface area contributed by atoms with Crippen molar-refractivity contribution in [1.82, 2.24) is 9.97 Å². The van der Waals surface area contributed by atoms with Gasteiger partial charge in [0, 0.05) is 39.9 Å². The third-order valence-corrected chi connectivity index (χ3v) is 3.10. The first kappa shape index (κ1) is 14.0. The number of anilines is 2. The third kappa shape index (κ3) is 3.33. The molecule has 0 saturated carbocycles. The van der Waals surface area contributed by atoms with Crippen LogP contribution in [0.4, 0.5) is 11.8 Å². The quantitative estimate of drug-likeness (QED) is 0.857. The Balaban J connectivity index is 2.22. The molecule has 2 rings (SSSR count). The highest BCUT2D eigenvalue weighted by Crippen LogP contribution is 2.25. The molecule has 0 bridgehead atoms. The van der Waals surface area contributed by atoms with E-state index in [9.17, 15) is 0 Å². The summed E-state index contributed by atoms with van der Waals surface area (Å²) in [5.41, 5.74) is 5.53. The maximum absolute atomic E-state index is 5.93. The second-order valence-electron chi connectivity index (χ2n) is 5.73. The first-order valence-corrected chi connectivity index (χ1v) is 6.54. The molecule has 1 aliphatic rings. The predicted octanol–water partition coefficient (Wildman–Crippen LogP) is 0.485. The summed E-state index contributed by atoms with van der Waals surface area (Å²) in [4.78, 5) is 12.9. The van der Waals surface area contributed by atoms with Gasteiger partial charge in [0.15, 0.2) is 0 Å². The van der Waals surface area contributed by atoms with Crippen molar-refractivity contribution in [2.45, 2.75) is 25.6 Å². The zero-order valence-electron chi connectivity index (χ0n) is 12.1. The van der Waals surface area contributed by atoms with Crippen molar-refractivity contribution in [1.29, 1.82) is 0 Å². The number of rotatable bonds is 3. The van der Waals surface area contributed by atoms with Crippen LogP contribution in [0.15, 0.2) is 12.3 Å². The van der Waals surface area contributed by atoms with Gasteiger partial charge >= 0.3 is 0 Å². The summed E-state index contributed by atoms with van der Waals surface area (Å²) < 4.78 is 5.93. The summed E-state index contributed by atoms with van der Waals surface area (Å²) in [6.07, 6.45) is 1.83. The summed E-state index contributed by atoms with van der Waals surface area (Å²) >= 11 is 0. The van der Waals surface area contributed by atoms with E-state index in [0.717, 1.165) is 18.9 Å². The summed E-state index contributed by atoms with van der Waals surface area (Å²) in [5, 5.41) is 0. The van der Waals surface area contributed by atoms with E-state index in [1.165, 1.54) is 0 Å². The number of nitrogens with two attached hydrogens (primary N) is 1. The molecule has 1 aromatic heterocycles. The van der Waals surface area contributed by atoms with Crippen LogP contribution in [0.5, 0.6) is 0 Å². The summed E-state index contributed by atoms with van der Waals surface area (Å²) in [7, 11) is 3.87. The molecule has 0 radical (unpaired) electrons. The zero-order valence-corrected chi connectivity index (χ0v) is 12.1. The molecule has 0 spiro atoms. The highest BCUT2D eigenvalue weighted by Gasteiger charge is 2.33. The molecule has 0 aliphatic carbocycles. The van der Waals surface area contributed by atoms with Crippen molar-refractivity contribution >= 4 is 11.8 Å². The summed E-state index contributed by atoms with van der Waals surface area (Å²) in [6, 6.07) is 1.93. The lowest BCUT2D eigenvalue weighted by Gasteiger charge is -2.43. The van der Waals surface area contributed by atoms with Crippen molar-refractivity contribution < 1.29 is 4.74 Å². The van der Waals surface area contributed by atoms with E-state index in [4.69, 9.17) is 10.5 Å². The monoisotopic (exact) mass is 265 g/mol. The molecular weight excluding hydrogens is 242 g/mol. The minimum atomic E-state index is -0.217. The number of aromatic nitrogens is 2. The van der Waals surface area contributed by atoms with Gasteiger partial charge in [0.1, 0.15) is 5.82 Å². The molecule has 106 valence electrons. The van der Waals surface area contributed by atoms with E-state index >= 15 is 0 Å². The van der Waals surface area contributed by atoms with Crippen molar-refractivity contribution in [2.24, 2.45) is 5.73 Å². The van der Waals surface area contributed by atoms with Gasteiger partial charge in [-0.3, -0.25) is 0 Å². The number of ether oxygens (including phenoxy) is 1. The van der Waals surface area contributed by atoms with Gasteiger partial charge in [-0.15, -0.1) is 0 Å². The molecule has 6 nitrogen and oxygen atoms in total. The maximum Gasteiger partial charge on any atom is 0.226 e. The van der Waals surface area contributed by atoms with Crippen molar-refractivity contribution in [3.05, 3.63) is 12.3 Å². The molecule has 2 N–H and O–H groups in total. The van der Waals surface area contributed by atoms with Crippen LogP contribution in [0.3, 0.4) is 0 Å². The highest BCUT2D eigenvalue weighted by atomic mass is 16.5. The topological polar surface area (TPSA) is 67.5 Å². The van der Waals surface area contributed by atoms with E-state index in [1.54, 1.807) is 6.20 Å². The van der Waals surface area contributed by atoms with Crippen LogP contribution in [-0.2, 0) is 4.74 Å². The number of hydrogen-bond acceptors (Lipinski definition) is 6. The molecular formula is C13H23N5O. The Kier molecular flexibility index (Phi) is 3.91. The van der Waals surface area contributed by atoms with Gasteiger partial charge < -0.3 is 20.3 Å². The van der Waals surface area contributed by atoms with Crippen LogP contribution in [0.2, 0.25) is 0 Å². The molecule has 1 atom stereocenters. The largest absolute Gasteiger partial charge is 0.367 e. The van der Waals surface area contributed by atoms with Gasteiger partial charge in [-0.05, 0) is 19.9 Å². The molecule has 1 aromatic rings. The van der Waals surface area contributed by atoms with E-state index < -0.39 is 0 Å². The molecule has 1 saturated heterocycles. The molecule has 19 heavy (non-hydrogen) atoms. The lowest BCUT2D eigenvalue weighted by atomic mass is 10.1. The summed E-state index contributed by atoms with van der Waals surface area (Å²) in [6.45, 7) is 6.24. The molecule has 1 aliphatic heterocycles. The van der Waals surface area contributed by atoms with E-state index in [1.807, 2.05) is 25.1 Å². The minimum Gasteiger partial charge on any atom is -0.367 e. The fourth-order valence-electron chi connectivity index (χ4n) is 2.32. The van der Waals surface area contributed by atoms with Gasteiger partial charge in [-0.2, -0.15) is 4.98 Å². The van der Waals surface area contributed by atoms with E-state index in [0.29, 0.717) is 12.5 Å². The molecule has 0 amide bonds. The Labute approximate surface area is 114 Å². The van der Waals surface area contributed by atoms with Crippen LogP contribution in [-0.4, -0.2) is 55.4 Å². The van der Waals surface area contributed by atoms with Crippen molar-refractivity contribution in [3.8, 4) is 0 Å². The molecule has 1 fully saturated rings. The van der Waals surface area contributed by atoms with Crippen LogP contribution in [0.25, 0.3) is 0 Å². The fourth-order valence-corrected chi connectivity index (χ4v) is 2.32. The Morgan fingerprint density at radius 1 is 1.53 bits per heavy atom. The number of nitrogens with zero attached hydrogens (tertiary/aromatic N) is 4. The second-order valence-corrected chi connectivity index (χ2v) is 5.73. The normalized spacial score (nSPS) is 22.4. The van der Waals surface area contributed by atoms with Crippen LogP contribution < -0.4 is 15.5 Å².